The third kappa shape index (κ3) is 6.13. The Balaban J connectivity index is 1.46. The van der Waals surface area contributed by atoms with Crippen LogP contribution in [0.25, 0.3) is 0 Å². The largest absolute Gasteiger partial charge is 0.496 e. The molecule has 2 aromatic carbocycles. The molecule has 1 aliphatic rings. The lowest BCUT2D eigenvalue weighted by molar-refractivity contribution is -0.137. The number of urea groups is 1. The number of anilines is 1. The zero-order chi connectivity index (χ0) is 23.1. The standard InChI is InChI=1S/C22H25F3N4O3/c1-32-19-9-5-2-6-16(19)14-26-21(31)29-12-10-28(11-13-29)15-20(30)27-18-8-4-3-7-17(18)22(23,24)25/h2-9H,10-15H2,1H3,(H,26,31)(H,27,30). The maximum absolute atomic E-state index is 13.1. The van der Waals surface area contributed by atoms with Crippen molar-refractivity contribution in [2.24, 2.45) is 0 Å². The summed E-state index contributed by atoms with van der Waals surface area (Å²) in [6, 6.07) is 12.0. The number of nitrogens with one attached hydrogen (secondary N) is 2. The average Bonchev–Trinajstić information content (AvgIpc) is 2.77. The zero-order valence-electron chi connectivity index (χ0n) is 17.6. The molecular weight excluding hydrogens is 425 g/mol. The summed E-state index contributed by atoms with van der Waals surface area (Å²) in [5.41, 5.74) is -0.290. The predicted octanol–water partition coefficient (Wildman–Crippen LogP) is 3.18. The van der Waals surface area contributed by atoms with E-state index in [0.717, 1.165) is 11.6 Å². The number of benzene rings is 2. The highest BCUT2D eigenvalue weighted by Gasteiger charge is 2.33. The number of piperazine rings is 1. The summed E-state index contributed by atoms with van der Waals surface area (Å²) in [6.07, 6.45) is -4.55. The van der Waals surface area contributed by atoms with Crippen molar-refractivity contribution >= 4 is 17.6 Å². The van der Waals surface area contributed by atoms with Crippen molar-refractivity contribution in [1.82, 2.24) is 15.1 Å². The normalized spacial score (nSPS) is 14.7. The van der Waals surface area contributed by atoms with Crippen molar-refractivity contribution in [3.63, 3.8) is 0 Å². The van der Waals surface area contributed by atoms with Crippen molar-refractivity contribution in [2.45, 2.75) is 12.7 Å². The summed E-state index contributed by atoms with van der Waals surface area (Å²) in [4.78, 5) is 28.2. The summed E-state index contributed by atoms with van der Waals surface area (Å²) in [7, 11) is 1.57. The Morgan fingerprint density at radius 1 is 1.00 bits per heavy atom. The number of para-hydroxylation sites is 2. The molecule has 1 aliphatic heterocycles. The first-order valence-corrected chi connectivity index (χ1v) is 10.1. The highest BCUT2D eigenvalue weighted by atomic mass is 19.4. The number of carbonyl (C=O) groups is 2. The van der Waals surface area contributed by atoms with Gasteiger partial charge in [-0.15, -0.1) is 0 Å². The first kappa shape index (κ1) is 23.4. The number of methoxy groups -OCH3 is 1. The van der Waals surface area contributed by atoms with Crippen LogP contribution in [-0.4, -0.2) is 61.6 Å². The van der Waals surface area contributed by atoms with Crippen LogP contribution in [-0.2, 0) is 17.5 Å². The van der Waals surface area contributed by atoms with E-state index in [0.29, 0.717) is 38.5 Å². The molecule has 3 amide bonds. The molecule has 32 heavy (non-hydrogen) atoms. The van der Waals surface area contributed by atoms with Crippen LogP contribution in [0.4, 0.5) is 23.7 Å². The SMILES string of the molecule is COc1ccccc1CNC(=O)N1CCN(CC(=O)Nc2ccccc2C(F)(F)F)CC1. The van der Waals surface area contributed by atoms with Crippen molar-refractivity contribution in [3.05, 3.63) is 59.7 Å². The minimum absolute atomic E-state index is 0.0527. The molecule has 0 saturated carbocycles. The molecule has 0 aromatic heterocycles. The number of hydrogen-bond acceptors (Lipinski definition) is 4. The molecule has 2 N–H and O–H groups in total. The maximum atomic E-state index is 13.1. The lowest BCUT2D eigenvalue weighted by Crippen LogP contribution is -2.52. The van der Waals surface area contributed by atoms with E-state index in [2.05, 4.69) is 10.6 Å². The topological polar surface area (TPSA) is 73.9 Å². The molecular formula is C22H25F3N4O3. The summed E-state index contributed by atoms with van der Waals surface area (Å²) in [5, 5.41) is 5.20. The van der Waals surface area contributed by atoms with Gasteiger partial charge in [-0.1, -0.05) is 30.3 Å². The van der Waals surface area contributed by atoms with Gasteiger partial charge in [-0.2, -0.15) is 13.2 Å². The highest BCUT2D eigenvalue weighted by molar-refractivity contribution is 5.93. The number of alkyl halides is 3. The van der Waals surface area contributed by atoms with Crippen LogP contribution in [0.1, 0.15) is 11.1 Å². The van der Waals surface area contributed by atoms with E-state index in [-0.39, 0.29) is 18.3 Å². The van der Waals surface area contributed by atoms with Gasteiger partial charge < -0.3 is 20.3 Å². The van der Waals surface area contributed by atoms with E-state index in [1.165, 1.54) is 18.2 Å². The van der Waals surface area contributed by atoms with Gasteiger partial charge in [0.1, 0.15) is 5.75 Å². The van der Waals surface area contributed by atoms with E-state index >= 15 is 0 Å². The fourth-order valence-electron chi connectivity index (χ4n) is 3.47. The quantitative estimate of drug-likeness (QED) is 0.709. The number of rotatable bonds is 6. The van der Waals surface area contributed by atoms with Gasteiger partial charge in [-0.05, 0) is 18.2 Å². The minimum atomic E-state index is -4.55. The molecule has 0 atom stereocenters. The van der Waals surface area contributed by atoms with Gasteiger partial charge in [-0.25, -0.2) is 4.79 Å². The van der Waals surface area contributed by atoms with Crippen LogP contribution in [0, 0.1) is 0 Å². The van der Waals surface area contributed by atoms with Crippen LogP contribution >= 0.6 is 0 Å². The summed E-state index contributed by atoms with van der Waals surface area (Å²) in [6.45, 7) is 1.97. The van der Waals surface area contributed by atoms with E-state index in [1.807, 2.05) is 24.3 Å². The second kappa shape index (κ2) is 10.4. The van der Waals surface area contributed by atoms with Gasteiger partial charge in [-0.3, -0.25) is 9.69 Å². The van der Waals surface area contributed by atoms with E-state index in [1.54, 1.807) is 16.9 Å². The summed E-state index contributed by atoms with van der Waals surface area (Å²) >= 11 is 0. The summed E-state index contributed by atoms with van der Waals surface area (Å²) in [5.74, 6) is 0.159. The van der Waals surface area contributed by atoms with Gasteiger partial charge in [0.05, 0.1) is 24.9 Å². The number of carbonyl (C=O) groups excluding carboxylic acids is 2. The zero-order valence-corrected chi connectivity index (χ0v) is 17.6. The lowest BCUT2D eigenvalue weighted by Gasteiger charge is -2.34. The lowest BCUT2D eigenvalue weighted by atomic mass is 10.1. The van der Waals surface area contributed by atoms with E-state index in [4.69, 9.17) is 4.74 Å². The highest BCUT2D eigenvalue weighted by Crippen LogP contribution is 2.34. The monoisotopic (exact) mass is 450 g/mol. The predicted molar refractivity (Wildman–Crippen MR) is 113 cm³/mol. The van der Waals surface area contributed by atoms with Gasteiger partial charge in [0, 0.05) is 38.3 Å². The molecule has 7 nitrogen and oxygen atoms in total. The maximum Gasteiger partial charge on any atom is 0.418 e. The number of amides is 3. The molecule has 0 aliphatic carbocycles. The smallest absolute Gasteiger partial charge is 0.418 e. The molecule has 1 heterocycles. The van der Waals surface area contributed by atoms with Gasteiger partial charge in [0.25, 0.3) is 0 Å². The number of ether oxygens (including phenoxy) is 1. The fraction of sp³-hybridized carbons (Fsp3) is 0.364. The Hall–Kier alpha value is -3.27. The van der Waals surface area contributed by atoms with Crippen molar-refractivity contribution in [3.8, 4) is 5.75 Å². The molecule has 0 radical (unpaired) electrons. The fourth-order valence-corrected chi connectivity index (χ4v) is 3.47. The molecule has 1 fully saturated rings. The average molecular weight is 450 g/mol. The Bertz CT molecular complexity index is 944. The number of nitrogens with zero attached hydrogens (tertiary/aromatic N) is 2. The first-order chi connectivity index (χ1) is 15.3. The molecule has 1 saturated heterocycles. The molecule has 0 spiro atoms. The van der Waals surface area contributed by atoms with Crippen molar-refractivity contribution < 1.29 is 27.5 Å². The Kier molecular flexibility index (Phi) is 7.57. The third-order valence-electron chi connectivity index (χ3n) is 5.16. The Labute approximate surface area is 184 Å². The molecule has 0 bridgehead atoms. The van der Waals surface area contributed by atoms with Crippen LogP contribution in [0.5, 0.6) is 5.75 Å². The van der Waals surface area contributed by atoms with Crippen molar-refractivity contribution in [2.75, 3.05) is 45.2 Å². The van der Waals surface area contributed by atoms with Crippen LogP contribution in [0.3, 0.4) is 0 Å². The molecule has 2 aromatic rings. The molecule has 0 unspecified atom stereocenters. The first-order valence-electron chi connectivity index (χ1n) is 10.1. The Morgan fingerprint density at radius 2 is 1.66 bits per heavy atom. The Morgan fingerprint density at radius 3 is 2.34 bits per heavy atom. The van der Waals surface area contributed by atoms with Crippen LogP contribution in [0.2, 0.25) is 0 Å². The minimum Gasteiger partial charge on any atom is -0.496 e. The second-order valence-corrected chi connectivity index (χ2v) is 7.33. The second-order valence-electron chi connectivity index (χ2n) is 7.33. The van der Waals surface area contributed by atoms with E-state index in [9.17, 15) is 22.8 Å². The van der Waals surface area contributed by atoms with Gasteiger partial charge in [0.2, 0.25) is 5.91 Å². The van der Waals surface area contributed by atoms with Crippen molar-refractivity contribution in [1.29, 1.82) is 0 Å². The van der Waals surface area contributed by atoms with E-state index < -0.39 is 17.6 Å². The third-order valence-corrected chi connectivity index (χ3v) is 5.16. The van der Waals surface area contributed by atoms with Crippen LogP contribution in [0.15, 0.2) is 48.5 Å². The van der Waals surface area contributed by atoms with Gasteiger partial charge >= 0.3 is 12.2 Å². The molecule has 172 valence electrons. The number of hydrogen-bond donors (Lipinski definition) is 2. The molecule has 10 heteroatoms. The molecule has 3 rings (SSSR count). The number of halogens is 3. The van der Waals surface area contributed by atoms with Crippen LogP contribution < -0.4 is 15.4 Å². The van der Waals surface area contributed by atoms with Gasteiger partial charge in [0.15, 0.2) is 0 Å². The summed E-state index contributed by atoms with van der Waals surface area (Å²) < 4.78 is 44.5.